The standard InChI is InChI=1S/C19H23F3O2/c1-13-11-16(17(24-3)12-14(13)2)18(23,19(20,21)22)10-9-15-7-5-4-6-8-15/h11-12,15,23H,4-8H2,1-3H3. The van der Waals surface area contributed by atoms with Gasteiger partial charge in [0.25, 0.3) is 5.60 Å². The number of hydrogen-bond donors (Lipinski definition) is 1. The molecule has 1 unspecified atom stereocenters. The van der Waals surface area contributed by atoms with E-state index in [0.29, 0.717) is 5.56 Å². The molecule has 1 aliphatic carbocycles. The smallest absolute Gasteiger partial charge is 0.433 e. The molecular weight excluding hydrogens is 317 g/mol. The van der Waals surface area contributed by atoms with Crippen LogP contribution >= 0.6 is 0 Å². The van der Waals surface area contributed by atoms with Gasteiger partial charge < -0.3 is 9.84 Å². The molecule has 1 N–H and O–H groups in total. The van der Waals surface area contributed by atoms with E-state index in [9.17, 15) is 18.3 Å². The number of aliphatic hydroxyl groups is 1. The first-order valence-corrected chi connectivity index (χ1v) is 8.16. The van der Waals surface area contributed by atoms with Crippen LogP contribution in [0, 0.1) is 31.6 Å². The van der Waals surface area contributed by atoms with Crippen molar-refractivity contribution in [3.05, 3.63) is 28.8 Å². The summed E-state index contributed by atoms with van der Waals surface area (Å²) in [4.78, 5) is 0. The molecule has 1 aliphatic rings. The molecule has 2 rings (SSSR count). The largest absolute Gasteiger partial charge is 0.496 e. The molecule has 1 saturated carbocycles. The minimum Gasteiger partial charge on any atom is -0.496 e. The number of ether oxygens (including phenoxy) is 1. The second kappa shape index (κ2) is 7.06. The Morgan fingerprint density at radius 2 is 1.67 bits per heavy atom. The second-order valence-electron chi connectivity index (χ2n) is 6.45. The summed E-state index contributed by atoms with van der Waals surface area (Å²) in [5, 5.41) is 10.5. The quantitative estimate of drug-likeness (QED) is 0.795. The van der Waals surface area contributed by atoms with Crippen molar-refractivity contribution in [3.63, 3.8) is 0 Å². The summed E-state index contributed by atoms with van der Waals surface area (Å²) in [5.74, 6) is 4.72. The maximum absolute atomic E-state index is 13.7. The molecule has 0 aromatic heterocycles. The zero-order valence-electron chi connectivity index (χ0n) is 14.3. The Balaban J connectivity index is 2.53. The zero-order chi connectivity index (χ0) is 18.0. The molecule has 0 saturated heterocycles. The molecule has 1 atom stereocenters. The maximum atomic E-state index is 13.7. The van der Waals surface area contributed by atoms with E-state index in [4.69, 9.17) is 4.74 Å². The predicted molar refractivity (Wildman–Crippen MR) is 86.8 cm³/mol. The Morgan fingerprint density at radius 1 is 1.08 bits per heavy atom. The molecule has 1 fully saturated rings. The zero-order valence-corrected chi connectivity index (χ0v) is 14.3. The van der Waals surface area contributed by atoms with Crippen molar-refractivity contribution < 1.29 is 23.0 Å². The third kappa shape index (κ3) is 3.70. The third-order valence-electron chi connectivity index (χ3n) is 4.68. The fourth-order valence-corrected chi connectivity index (χ4v) is 2.99. The van der Waals surface area contributed by atoms with E-state index in [1.54, 1.807) is 13.8 Å². The van der Waals surface area contributed by atoms with Gasteiger partial charge in [0.1, 0.15) is 5.75 Å². The molecule has 0 heterocycles. The van der Waals surface area contributed by atoms with Crippen molar-refractivity contribution in [2.75, 3.05) is 7.11 Å². The van der Waals surface area contributed by atoms with Crippen molar-refractivity contribution in [1.29, 1.82) is 0 Å². The average molecular weight is 340 g/mol. The highest BCUT2D eigenvalue weighted by Gasteiger charge is 2.56. The first-order valence-electron chi connectivity index (χ1n) is 8.16. The van der Waals surface area contributed by atoms with Gasteiger partial charge in [-0.1, -0.05) is 31.1 Å². The molecule has 0 radical (unpaired) electrons. The normalized spacial score (nSPS) is 18.5. The number of halogens is 3. The van der Waals surface area contributed by atoms with Crippen LogP contribution in [0.2, 0.25) is 0 Å². The Kier molecular flexibility index (Phi) is 5.49. The van der Waals surface area contributed by atoms with Crippen LogP contribution in [0.4, 0.5) is 13.2 Å². The van der Waals surface area contributed by atoms with Crippen LogP contribution in [-0.4, -0.2) is 18.4 Å². The lowest BCUT2D eigenvalue weighted by molar-refractivity contribution is -0.241. The van der Waals surface area contributed by atoms with E-state index in [-0.39, 0.29) is 17.2 Å². The third-order valence-corrected chi connectivity index (χ3v) is 4.68. The van der Waals surface area contributed by atoms with Gasteiger partial charge in [-0.05, 0) is 49.9 Å². The van der Waals surface area contributed by atoms with Crippen LogP contribution in [0.1, 0.15) is 48.8 Å². The minimum atomic E-state index is -4.91. The molecule has 0 spiro atoms. The van der Waals surface area contributed by atoms with Crippen LogP contribution in [0.25, 0.3) is 0 Å². The Hall–Kier alpha value is -1.67. The van der Waals surface area contributed by atoms with Gasteiger partial charge in [0.05, 0.1) is 7.11 Å². The molecule has 5 heteroatoms. The number of methoxy groups -OCH3 is 1. The summed E-state index contributed by atoms with van der Waals surface area (Å²) in [6.07, 6.45) is -0.320. The summed E-state index contributed by atoms with van der Waals surface area (Å²) >= 11 is 0. The van der Waals surface area contributed by atoms with Crippen molar-refractivity contribution >= 4 is 0 Å². The average Bonchev–Trinajstić information content (AvgIpc) is 2.54. The maximum Gasteiger partial charge on any atom is 0.433 e. The van der Waals surface area contributed by atoms with Crippen LogP contribution in [0.3, 0.4) is 0 Å². The molecule has 24 heavy (non-hydrogen) atoms. The fourth-order valence-electron chi connectivity index (χ4n) is 2.99. The lowest BCUT2D eigenvalue weighted by Gasteiger charge is -2.28. The Bertz CT molecular complexity index is 649. The van der Waals surface area contributed by atoms with Gasteiger partial charge in [0.15, 0.2) is 0 Å². The van der Waals surface area contributed by atoms with Crippen LogP contribution in [-0.2, 0) is 5.60 Å². The number of hydrogen-bond acceptors (Lipinski definition) is 2. The first-order chi connectivity index (χ1) is 11.2. The molecule has 1 aromatic carbocycles. The Morgan fingerprint density at radius 3 is 2.21 bits per heavy atom. The lowest BCUT2D eigenvalue weighted by Crippen LogP contribution is -2.41. The molecular formula is C19H23F3O2. The van der Waals surface area contributed by atoms with Gasteiger partial charge in [-0.15, -0.1) is 0 Å². The molecule has 132 valence electrons. The van der Waals surface area contributed by atoms with E-state index in [0.717, 1.165) is 37.7 Å². The van der Waals surface area contributed by atoms with Gasteiger partial charge in [-0.3, -0.25) is 0 Å². The van der Waals surface area contributed by atoms with Gasteiger partial charge in [-0.25, -0.2) is 0 Å². The van der Waals surface area contributed by atoms with Crippen molar-refractivity contribution in [2.24, 2.45) is 5.92 Å². The monoisotopic (exact) mass is 340 g/mol. The molecule has 2 nitrogen and oxygen atoms in total. The number of benzene rings is 1. The van der Waals surface area contributed by atoms with Gasteiger partial charge in [0, 0.05) is 11.5 Å². The molecule has 0 aliphatic heterocycles. The summed E-state index contributed by atoms with van der Waals surface area (Å²) in [5.41, 5.74) is -2.13. The van der Waals surface area contributed by atoms with Crippen molar-refractivity contribution in [3.8, 4) is 17.6 Å². The van der Waals surface area contributed by atoms with E-state index >= 15 is 0 Å². The summed E-state index contributed by atoms with van der Waals surface area (Å²) in [6.45, 7) is 3.48. The van der Waals surface area contributed by atoms with Gasteiger partial charge in [-0.2, -0.15) is 13.2 Å². The Labute approximate surface area is 141 Å². The molecule has 0 bridgehead atoms. The van der Waals surface area contributed by atoms with Crippen molar-refractivity contribution in [1.82, 2.24) is 0 Å². The highest BCUT2D eigenvalue weighted by atomic mass is 19.4. The van der Waals surface area contributed by atoms with E-state index in [2.05, 4.69) is 11.8 Å². The van der Waals surface area contributed by atoms with Gasteiger partial charge in [0.2, 0.25) is 0 Å². The topological polar surface area (TPSA) is 29.5 Å². The minimum absolute atomic E-state index is 0.00382. The van der Waals surface area contributed by atoms with Crippen molar-refractivity contribution in [2.45, 2.75) is 57.7 Å². The molecule has 1 aromatic rings. The summed E-state index contributed by atoms with van der Waals surface area (Å²) < 4.78 is 46.1. The SMILES string of the molecule is COc1cc(C)c(C)cc1C(O)(C#CC1CCCCC1)C(F)(F)F. The molecule has 0 amide bonds. The number of rotatable bonds is 2. The van der Waals surface area contributed by atoms with Gasteiger partial charge >= 0.3 is 6.18 Å². The van der Waals surface area contributed by atoms with E-state index in [1.165, 1.54) is 19.2 Å². The second-order valence-corrected chi connectivity index (χ2v) is 6.45. The highest BCUT2D eigenvalue weighted by Crippen LogP contribution is 2.43. The van der Waals surface area contributed by atoms with Crippen LogP contribution < -0.4 is 4.74 Å². The fraction of sp³-hybridized carbons (Fsp3) is 0.579. The predicted octanol–water partition coefficient (Wildman–Crippen LogP) is 4.65. The highest BCUT2D eigenvalue weighted by molar-refractivity contribution is 5.49. The van der Waals surface area contributed by atoms with Crippen LogP contribution in [0.15, 0.2) is 12.1 Å². The van der Waals surface area contributed by atoms with Crippen LogP contribution in [0.5, 0.6) is 5.75 Å². The first kappa shape index (κ1) is 18.7. The lowest BCUT2D eigenvalue weighted by atomic mass is 9.86. The summed E-state index contributed by atoms with van der Waals surface area (Å²) in [7, 11) is 1.29. The van der Waals surface area contributed by atoms with E-state index < -0.39 is 11.8 Å². The van der Waals surface area contributed by atoms with E-state index in [1.807, 2.05) is 0 Å². The number of alkyl halides is 3. The summed E-state index contributed by atoms with van der Waals surface area (Å²) in [6, 6.07) is 2.82. The number of aryl methyl sites for hydroxylation is 2.